The SMILES string of the molecule is NC(=O)OCCNc1cc(Cl)ccc1[N+](=O)[O-]. The number of nitrogens with zero attached hydrogens (tertiary/aromatic N) is 1. The minimum absolute atomic E-state index is 0.0129. The molecule has 0 aliphatic heterocycles. The lowest BCUT2D eigenvalue weighted by Gasteiger charge is -2.07. The molecule has 0 radical (unpaired) electrons. The summed E-state index contributed by atoms with van der Waals surface area (Å²) in [5.41, 5.74) is 4.91. The van der Waals surface area contributed by atoms with Gasteiger partial charge in [0.2, 0.25) is 0 Å². The number of carbonyl (C=O) groups is 1. The predicted octanol–water partition coefficient (Wildman–Crippen LogP) is 1.76. The first-order valence-corrected chi connectivity index (χ1v) is 4.98. The van der Waals surface area contributed by atoms with Crippen LogP contribution in [0.2, 0.25) is 5.02 Å². The van der Waals surface area contributed by atoms with E-state index in [1.807, 2.05) is 0 Å². The van der Waals surface area contributed by atoms with Crippen molar-refractivity contribution in [3.05, 3.63) is 33.3 Å². The van der Waals surface area contributed by atoms with Crippen LogP contribution in [0.4, 0.5) is 16.2 Å². The molecule has 0 bridgehead atoms. The fraction of sp³-hybridized carbons (Fsp3) is 0.222. The Labute approximate surface area is 102 Å². The van der Waals surface area contributed by atoms with Crippen molar-refractivity contribution in [1.29, 1.82) is 0 Å². The smallest absolute Gasteiger partial charge is 0.404 e. The van der Waals surface area contributed by atoms with Crippen LogP contribution in [0.5, 0.6) is 0 Å². The van der Waals surface area contributed by atoms with Crippen molar-refractivity contribution in [3.8, 4) is 0 Å². The van der Waals surface area contributed by atoms with E-state index in [4.69, 9.17) is 17.3 Å². The van der Waals surface area contributed by atoms with Crippen LogP contribution in [0.3, 0.4) is 0 Å². The molecule has 0 saturated carbocycles. The van der Waals surface area contributed by atoms with Gasteiger partial charge in [0.15, 0.2) is 0 Å². The van der Waals surface area contributed by atoms with E-state index >= 15 is 0 Å². The topological polar surface area (TPSA) is 107 Å². The molecule has 8 heteroatoms. The highest BCUT2D eigenvalue weighted by molar-refractivity contribution is 6.31. The zero-order valence-electron chi connectivity index (χ0n) is 8.68. The standard InChI is InChI=1S/C9H10ClN3O4/c10-6-1-2-8(13(15)16)7(5-6)12-3-4-17-9(11)14/h1-2,5,12H,3-4H2,(H2,11,14). The summed E-state index contributed by atoms with van der Waals surface area (Å²) in [5, 5.41) is 13.8. The Bertz CT molecular complexity index is 438. The van der Waals surface area contributed by atoms with Crippen molar-refractivity contribution in [2.45, 2.75) is 0 Å². The highest BCUT2D eigenvalue weighted by Gasteiger charge is 2.13. The summed E-state index contributed by atoms with van der Waals surface area (Å²) in [6.07, 6.45) is -0.896. The van der Waals surface area contributed by atoms with Gasteiger partial charge < -0.3 is 15.8 Å². The molecule has 0 fully saturated rings. The number of rotatable bonds is 5. The molecule has 0 spiro atoms. The number of ether oxygens (including phenoxy) is 1. The molecule has 0 aliphatic carbocycles. The zero-order valence-corrected chi connectivity index (χ0v) is 9.44. The first-order chi connectivity index (χ1) is 8.00. The van der Waals surface area contributed by atoms with E-state index in [9.17, 15) is 14.9 Å². The third-order valence-corrected chi connectivity index (χ3v) is 2.05. The van der Waals surface area contributed by atoms with Gasteiger partial charge in [-0.2, -0.15) is 0 Å². The van der Waals surface area contributed by atoms with E-state index in [0.717, 1.165) is 0 Å². The Morgan fingerprint density at radius 1 is 1.59 bits per heavy atom. The number of halogens is 1. The molecule has 0 aliphatic rings. The van der Waals surface area contributed by atoms with Crippen LogP contribution in [0.25, 0.3) is 0 Å². The average molecular weight is 260 g/mol. The van der Waals surface area contributed by atoms with E-state index in [1.54, 1.807) is 0 Å². The third kappa shape index (κ3) is 4.15. The van der Waals surface area contributed by atoms with E-state index in [-0.39, 0.29) is 24.5 Å². The number of anilines is 1. The van der Waals surface area contributed by atoms with Gasteiger partial charge in [0.1, 0.15) is 12.3 Å². The summed E-state index contributed by atoms with van der Waals surface area (Å²) in [7, 11) is 0. The van der Waals surface area contributed by atoms with Crippen molar-refractivity contribution in [3.63, 3.8) is 0 Å². The van der Waals surface area contributed by atoms with Gasteiger partial charge >= 0.3 is 6.09 Å². The molecule has 0 unspecified atom stereocenters. The predicted molar refractivity (Wildman–Crippen MR) is 62.1 cm³/mol. The van der Waals surface area contributed by atoms with E-state index in [2.05, 4.69) is 10.1 Å². The van der Waals surface area contributed by atoms with Gasteiger partial charge in [-0.3, -0.25) is 10.1 Å². The van der Waals surface area contributed by atoms with Crippen LogP contribution in [0.1, 0.15) is 0 Å². The van der Waals surface area contributed by atoms with Crippen LogP contribution >= 0.6 is 11.6 Å². The lowest BCUT2D eigenvalue weighted by molar-refractivity contribution is -0.384. The number of amides is 1. The van der Waals surface area contributed by atoms with Crippen LogP contribution < -0.4 is 11.1 Å². The number of nitro benzene ring substituents is 1. The monoisotopic (exact) mass is 259 g/mol. The highest BCUT2D eigenvalue weighted by atomic mass is 35.5. The number of benzene rings is 1. The van der Waals surface area contributed by atoms with Crippen LogP contribution in [-0.4, -0.2) is 24.2 Å². The quantitative estimate of drug-likeness (QED) is 0.476. The molecule has 1 amide bonds. The maximum atomic E-state index is 10.7. The number of hydrogen-bond donors (Lipinski definition) is 2. The Kier molecular flexibility index (Phi) is 4.53. The number of nitrogens with one attached hydrogen (secondary N) is 1. The number of nitrogens with two attached hydrogens (primary N) is 1. The third-order valence-electron chi connectivity index (χ3n) is 1.82. The first-order valence-electron chi connectivity index (χ1n) is 4.60. The minimum Gasteiger partial charge on any atom is -0.448 e. The molecular formula is C9H10ClN3O4. The Morgan fingerprint density at radius 2 is 2.29 bits per heavy atom. The average Bonchev–Trinajstić information content (AvgIpc) is 2.23. The molecule has 0 heterocycles. The Hall–Kier alpha value is -2.02. The molecule has 17 heavy (non-hydrogen) atoms. The van der Waals surface area contributed by atoms with Gasteiger partial charge in [-0.05, 0) is 12.1 Å². The van der Waals surface area contributed by atoms with Gasteiger partial charge in [-0.25, -0.2) is 4.79 Å². The van der Waals surface area contributed by atoms with Crippen LogP contribution in [0.15, 0.2) is 18.2 Å². The molecule has 1 aromatic carbocycles. The molecular weight excluding hydrogens is 250 g/mol. The molecule has 1 rings (SSSR count). The Morgan fingerprint density at radius 3 is 2.88 bits per heavy atom. The van der Waals surface area contributed by atoms with Crippen LogP contribution in [0, 0.1) is 10.1 Å². The molecule has 0 saturated heterocycles. The summed E-state index contributed by atoms with van der Waals surface area (Å²) in [4.78, 5) is 20.4. The summed E-state index contributed by atoms with van der Waals surface area (Å²) in [6, 6.07) is 4.13. The van der Waals surface area contributed by atoms with Gasteiger partial charge in [-0.1, -0.05) is 11.6 Å². The summed E-state index contributed by atoms with van der Waals surface area (Å²) < 4.78 is 4.47. The van der Waals surface area contributed by atoms with Crippen molar-refractivity contribution in [1.82, 2.24) is 0 Å². The number of hydrogen-bond acceptors (Lipinski definition) is 5. The van der Waals surface area contributed by atoms with Crippen molar-refractivity contribution in [2.75, 3.05) is 18.5 Å². The zero-order chi connectivity index (χ0) is 12.8. The molecule has 0 aromatic heterocycles. The molecule has 3 N–H and O–H groups in total. The van der Waals surface area contributed by atoms with Gasteiger partial charge in [0, 0.05) is 17.6 Å². The van der Waals surface area contributed by atoms with Crippen molar-refractivity contribution in [2.24, 2.45) is 5.73 Å². The summed E-state index contributed by atoms with van der Waals surface area (Å²) in [5.74, 6) is 0. The summed E-state index contributed by atoms with van der Waals surface area (Å²) in [6.45, 7) is 0.211. The minimum atomic E-state index is -0.896. The van der Waals surface area contributed by atoms with E-state index < -0.39 is 11.0 Å². The second-order valence-corrected chi connectivity index (χ2v) is 3.45. The van der Waals surface area contributed by atoms with Crippen LogP contribution in [-0.2, 0) is 4.74 Å². The Balaban J connectivity index is 2.65. The molecule has 92 valence electrons. The first kappa shape index (κ1) is 13.0. The van der Waals surface area contributed by atoms with E-state index in [1.165, 1.54) is 18.2 Å². The maximum Gasteiger partial charge on any atom is 0.404 e. The molecule has 1 aromatic rings. The summed E-state index contributed by atoms with van der Waals surface area (Å²) >= 11 is 5.72. The lowest BCUT2D eigenvalue weighted by Crippen LogP contribution is -2.18. The largest absolute Gasteiger partial charge is 0.448 e. The van der Waals surface area contributed by atoms with E-state index in [0.29, 0.717) is 5.02 Å². The second kappa shape index (κ2) is 5.90. The van der Waals surface area contributed by atoms with Gasteiger partial charge in [0.05, 0.1) is 4.92 Å². The normalized spacial score (nSPS) is 9.71. The second-order valence-electron chi connectivity index (χ2n) is 3.01. The molecule has 0 atom stereocenters. The lowest BCUT2D eigenvalue weighted by atomic mass is 10.2. The van der Waals surface area contributed by atoms with Gasteiger partial charge in [-0.15, -0.1) is 0 Å². The maximum absolute atomic E-state index is 10.7. The van der Waals surface area contributed by atoms with Crippen molar-refractivity contribution >= 4 is 29.1 Å². The fourth-order valence-electron chi connectivity index (χ4n) is 1.15. The number of nitro groups is 1. The van der Waals surface area contributed by atoms with Gasteiger partial charge in [0.25, 0.3) is 5.69 Å². The number of primary amides is 1. The fourth-order valence-corrected chi connectivity index (χ4v) is 1.32. The molecule has 7 nitrogen and oxygen atoms in total. The van der Waals surface area contributed by atoms with Crippen molar-refractivity contribution < 1.29 is 14.5 Å². The highest BCUT2D eigenvalue weighted by Crippen LogP contribution is 2.27. The number of carbonyl (C=O) groups excluding carboxylic acids is 1.